The van der Waals surface area contributed by atoms with Crippen LogP contribution in [0, 0.1) is 5.92 Å². The van der Waals surface area contributed by atoms with Gasteiger partial charge in [-0.05, 0) is 60.9 Å². The third-order valence-corrected chi connectivity index (χ3v) is 7.52. The van der Waals surface area contributed by atoms with E-state index in [1.54, 1.807) is 20.8 Å². The molecule has 3 N–H and O–H groups in total. The van der Waals surface area contributed by atoms with E-state index in [1.807, 2.05) is 80.6 Å². The Morgan fingerprint density at radius 3 is 1.93 bits per heavy atom. The van der Waals surface area contributed by atoms with Crippen LogP contribution >= 0.6 is 0 Å². The molecular formula is C36H44N4O6. The van der Waals surface area contributed by atoms with Crippen molar-refractivity contribution in [3.8, 4) is 11.1 Å². The summed E-state index contributed by atoms with van der Waals surface area (Å²) in [5, 5.41) is 6.32. The minimum Gasteiger partial charge on any atom is -0.458 e. The molecule has 4 amide bonds. The van der Waals surface area contributed by atoms with Crippen molar-refractivity contribution >= 4 is 24.0 Å². The standard InChI is InChI=1S/C36H44N4O6/c1-23(2)20-31(33(42)46-36(3,4)5)37-34(43)39-40(6)32(41)30(21-24-14-8-7-9-15-24)38-35(44)45-22-29-27-18-12-10-16-25(27)26-17-11-13-19-28(26)29/h7-19,23,29-31H,20-22H2,1-6H3,(H,38,44)(H2,37,39,43)/t30-,31-/m0/s1. The Hall–Kier alpha value is -4.86. The zero-order chi connectivity index (χ0) is 33.4. The van der Waals surface area contributed by atoms with Crippen molar-refractivity contribution in [2.24, 2.45) is 5.92 Å². The lowest BCUT2D eigenvalue weighted by molar-refractivity contribution is -0.157. The second-order valence-corrected chi connectivity index (χ2v) is 12.9. The number of ether oxygens (including phenoxy) is 2. The van der Waals surface area contributed by atoms with Crippen LogP contribution in [0.4, 0.5) is 9.59 Å². The van der Waals surface area contributed by atoms with E-state index in [1.165, 1.54) is 7.05 Å². The summed E-state index contributed by atoms with van der Waals surface area (Å²) in [6.45, 7) is 9.19. The van der Waals surface area contributed by atoms with Gasteiger partial charge in [-0.25, -0.2) is 19.8 Å². The van der Waals surface area contributed by atoms with E-state index < -0.39 is 41.7 Å². The molecule has 2 atom stereocenters. The molecule has 1 aliphatic carbocycles. The van der Waals surface area contributed by atoms with Crippen molar-refractivity contribution in [1.29, 1.82) is 0 Å². The van der Waals surface area contributed by atoms with Crippen molar-refractivity contribution in [3.63, 3.8) is 0 Å². The SMILES string of the molecule is CC(C)C[C@H](NC(=O)NN(C)C(=O)[C@H](Cc1ccccc1)NC(=O)OCC1c2ccccc2-c2ccccc21)C(=O)OC(C)(C)C. The first-order valence-corrected chi connectivity index (χ1v) is 15.6. The number of benzene rings is 3. The van der Waals surface area contributed by atoms with Crippen LogP contribution in [0.25, 0.3) is 11.1 Å². The molecule has 10 heteroatoms. The van der Waals surface area contributed by atoms with Gasteiger partial charge in [0.2, 0.25) is 0 Å². The number of carbonyl (C=O) groups is 4. The highest BCUT2D eigenvalue weighted by molar-refractivity contribution is 5.89. The Bertz CT molecular complexity index is 1490. The van der Waals surface area contributed by atoms with E-state index in [0.29, 0.717) is 6.42 Å². The van der Waals surface area contributed by atoms with Crippen LogP contribution in [0.2, 0.25) is 0 Å². The number of rotatable bonds is 10. The van der Waals surface area contributed by atoms with Gasteiger partial charge in [0, 0.05) is 19.4 Å². The van der Waals surface area contributed by atoms with Gasteiger partial charge in [-0.3, -0.25) is 9.80 Å². The van der Waals surface area contributed by atoms with E-state index in [2.05, 4.69) is 28.2 Å². The molecule has 0 heterocycles. The van der Waals surface area contributed by atoms with Crippen LogP contribution in [-0.4, -0.2) is 60.3 Å². The van der Waals surface area contributed by atoms with Gasteiger partial charge in [0.25, 0.3) is 5.91 Å². The predicted octanol–water partition coefficient (Wildman–Crippen LogP) is 5.57. The summed E-state index contributed by atoms with van der Waals surface area (Å²) < 4.78 is 11.2. The fourth-order valence-electron chi connectivity index (χ4n) is 5.52. The number of nitrogens with zero attached hydrogens (tertiary/aromatic N) is 1. The highest BCUT2D eigenvalue weighted by atomic mass is 16.6. The molecule has 0 bridgehead atoms. The largest absolute Gasteiger partial charge is 0.458 e. The Kier molecular flexibility index (Phi) is 11.1. The number of esters is 1. The third kappa shape index (κ3) is 9.09. The number of urea groups is 1. The van der Waals surface area contributed by atoms with Crippen LogP contribution < -0.4 is 16.1 Å². The predicted molar refractivity (Wildman–Crippen MR) is 176 cm³/mol. The maximum Gasteiger partial charge on any atom is 0.407 e. The molecule has 46 heavy (non-hydrogen) atoms. The van der Waals surface area contributed by atoms with E-state index in [9.17, 15) is 19.2 Å². The molecule has 0 unspecified atom stereocenters. The van der Waals surface area contributed by atoms with Crippen LogP contribution in [-0.2, 0) is 25.5 Å². The summed E-state index contributed by atoms with van der Waals surface area (Å²) in [6, 6.07) is 22.6. The van der Waals surface area contributed by atoms with E-state index in [0.717, 1.165) is 32.8 Å². The zero-order valence-electron chi connectivity index (χ0n) is 27.3. The highest BCUT2D eigenvalue weighted by Gasteiger charge is 2.32. The van der Waals surface area contributed by atoms with Crippen molar-refractivity contribution in [2.45, 2.75) is 71.1 Å². The van der Waals surface area contributed by atoms with Crippen LogP contribution in [0.5, 0.6) is 0 Å². The summed E-state index contributed by atoms with van der Waals surface area (Å²) in [4.78, 5) is 52.5. The van der Waals surface area contributed by atoms with Crippen LogP contribution in [0.15, 0.2) is 78.9 Å². The first-order valence-electron chi connectivity index (χ1n) is 15.6. The average molecular weight is 629 g/mol. The molecular weight excluding hydrogens is 584 g/mol. The number of hydrogen-bond donors (Lipinski definition) is 3. The summed E-state index contributed by atoms with van der Waals surface area (Å²) in [5.74, 6) is -1.19. The van der Waals surface area contributed by atoms with Gasteiger partial charge in [-0.2, -0.15) is 0 Å². The number of likely N-dealkylation sites (N-methyl/N-ethyl adjacent to an activating group) is 1. The first kappa shape index (κ1) is 34.0. The van der Waals surface area contributed by atoms with Gasteiger partial charge in [0.15, 0.2) is 0 Å². The maximum absolute atomic E-state index is 13.6. The lowest BCUT2D eigenvalue weighted by atomic mass is 9.98. The molecule has 0 radical (unpaired) electrons. The zero-order valence-corrected chi connectivity index (χ0v) is 27.3. The smallest absolute Gasteiger partial charge is 0.407 e. The normalized spacial score (nSPS) is 13.5. The number of alkyl carbamates (subject to hydrolysis) is 1. The summed E-state index contributed by atoms with van der Waals surface area (Å²) in [6.07, 6.45) is -0.248. The molecule has 0 fully saturated rings. The topological polar surface area (TPSA) is 126 Å². The minimum atomic E-state index is -1.05. The second-order valence-electron chi connectivity index (χ2n) is 12.9. The summed E-state index contributed by atoms with van der Waals surface area (Å²) in [7, 11) is 1.38. The first-order chi connectivity index (χ1) is 21.8. The summed E-state index contributed by atoms with van der Waals surface area (Å²) >= 11 is 0. The molecule has 0 spiro atoms. The molecule has 3 aromatic rings. The van der Waals surface area contributed by atoms with Crippen molar-refractivity contribution < 1.29 is 28.7 Å². The Morgan fingerprint density at radius 2 is 1.37 bits per heavy atom. The number of hydrogen-bond acceptors (Lipinski definition) is 6. The molecule has 0 aliphatic heterocycles. The van der Waals surface area contributed by atoms with Crippen LogP contribution in [0.1, 0.15) is 63.6 Å². The minimum absolute atomic E-state index is 0.0878. The van der Waals surface area contributed by atoms with Gasteiger partial charge < -0.3 is 20.1 Å². The Labute approximate surface area is 270 Å². The summed E-state index contributed by atoms with van der Waals surface area (Å²) in [5.41, 5.74) is 6.92. The number of hydrazine groups is 1. The number of fused-ring (bicyclic) bond motifs is 3. The van der Waals surface area contributed by atoms with Crippen molar-refractivity contribution in [2.75, 3.05) is 13.7 Å². The van der Waals surface area contributed by atoms with Crippen molar-refractivity contribution in [3.05, 3.63) is 95.6 Å². The number of amides is 4. The molecule has 0 saturated heterocycles. The Morgan fingerprint density at radius 1 is 0.804 bits per heavy atom. The number of carbonyl (C=O) groups excluding carboxylic acids is 4. The maximum atomic E-state index is 13.6. The molecule has 244 valence electrons. The lowest BCUT2D eigenvalue weighted by Crippen LogP contribution is -2.57. The van der Waals surface area contributed by atoms with Gasteiger partial charge in [0.1, 0.15) is 24.3 Å². The second kappa shape index (κ2) is 14.9. The van der Waals surface area contributed by atoms with Gasteiger partial charge >= 0.3 is 18.1 Å². The lowest BCUT2D eigenvalue weighted by Gasteiger charge is -2.28. The van der Waals surface area contributed by atoms with Crippen molar-refractivity contribution in [1.82, 2.24) is 21.1 Å². The monoisotopic (exact) mass is 628 g/mol. The average Bonchev–Trinajstić information content (AvgIpc) is 3.32. The number of nitrogens with one attached hydrogen (secondary N) is 3. The van der Waals surface area contributed by atoms with Gasteiger partial charge in [0.05, 0.1) is 0 Å². The van der Waals surface area contributed by atoms with E-state index >= 15 is 0 Å². The third-order valence-electron chi connectivity index (χ3n) is 7.52. The van der Waals surface area contributed by atoms with Gasteiger partial charge in [-0.15, -0.1) is 0 Å². The van der Waals surface area contributed by atoms with Gasteiger partial charge in [-0.1, -0.05) is 92.7 Å². The Balaban J connectivity index is 1.42. The molecule has 4 rings (SSSR count). The molecule has 1 aliphatic rings. The molecule has 10 nitrogen and oxygen atoms in total. The molecule has 0 aromatic heterocycles. The quantitative estimate of drug-likeness (QED) is 0.199. The molecule has 3 aromatic carbocycles. The van der Waals surface area contributed by atoms with E-state index in [4.69, 9.17) is 9.47 Å². The fourth-order valence-corrected chi connectivity index (χ4v) is 5.52. The highest BCUT2D eigenvalue weighted by Crippen LogP contribution is 2.44. The fraction of sp³-hybridized carbons (Fsp3) is 0.389. The van der Waals surface area contributed by atoms with E-state index in [-0.39, 0.29) is 24.9 Å². The molecule has 0 saturated carbocycles. The van der Waals surface area contributed by atoms with Crippen LogP contribution in [0.3, 0.4) is 0 Å².